The van der Waals surface area contributed by atoms with Gasteiger partial charge in [0.25, 0.3) is 5.56 Å². The number of anilines is 1. The van der Waals surface area contributed by atoms with Gasteiger partial charge in [-0.1, -0.05) is 11.6 Å². The Morgan fingerprint density at radius 2 is 2.11 bits per heavy atom. The maximum Gasteiger partial charge on any atom is 0.287 e. The molecule has 5 nitrogen and oxygen atoms in total. The molecule has 1 N–H and O–H groups in total. The van der Waals surface area contributed by atoms with Gasteiger partial charge in [-0.15, -0.1) is 0 Å². The first-order valence-corrected chi connectivity index (χ1v) is 6.79. The van der Waals surface area contributed by atoms with Gasteiger partial charge in [-0.2, -0.15) is 5.10 Å². The molecule has 0 aromatic carbocycles. The highest BCUT2D eigenvalue weighted by molar-refractivity contribution is 6.33. The molecule has 18 heavy (non-hydrogen) atoms. The van der Waals surface area contributed by atoms with Crippen molar-refractivity contribution in [2.75, 3.05) is 31.1 Å². The summed E-state index contributed by atoms with van der Waals surface area (Å²) in [5, 5.41) is 7.86. The van der Waals surface area contributed by atoms with Crippen molar-refractivity contribution < 1.29 is 0 Å². The summed E-state index contributed by atoms with van der Waals surface area (Å²) in [6.45, 7) is 6.50. The summed E-state index contributed by atoms with van der Waals surface area (Å²) < 4.78 is 1.39. The molecule has 0 aliphatic carbocycles. The van der Waals surface area contributed by atoms with Gasteiger partial charge in [0.15, 0.2) is 0 Å². The van der Waals surface area contributed by atoms with Gasteiger partial charge in [0, 0.05) is 32.7 Å². The van der Waals surface area contributed by atoms with Crippen molar-refractivity contribution in [1.29, 1.82) is 0 Å². The standard InChI is InChI=1S/C12H17ClN4O/c1-2-17-12(18)11(13)10(5-15-17)16-6-8-3-14-4-9(8)7-16/h5,8-9,14H,2-4,6-7H2,1H3/t8-,9+. The van der Waals surface area contributed by atoms with Gasteiger partial charge in [-0.3, -0.25) is 4.79 Å². The number of rotatable bonds is 2. The molecule has 1 aromatic heterocycles. The molecular formula is C12H17ClN4O. The number of aryl methyl sites for hydroxylation is 1. The number of nitrogens with zero attached hydrogens (tertiary/aromatic N) is 3. The number of hydrogen-bond acceptors (Lipinski definition) is 4. The van der Waals surface area contributed by atoms with E-state index in [4.69, 9.17) is 11.6 Å². The van der Waals surface area contributed by atoms with E-state index in [1.165, 1.54) is 4.68 Å². The van der Waals surface area contributed by atoms with Crippen molar-refractivity contribution in [1.82, 2.24) is 15.1 Å². The summed E-state index contributed by atoms with van der Waals surface area (Å²) in [5.41, 5.74) is 0.604. The lowest BCUT2D eigenvalue weighted by atomic mass is 10.0. The Bertz CT molecular complexity index is 503. The van der Waals surface area contributed by atoms with E-state index in [0.29, 0.717) is 23.4 Å². The summed E-state index contributed by atoms with van der Waals surface area (Å²) in [7, 11) is 0. The molecule has 6 heteroatoms. The molecule has 2 saturated heterocycles. The van der Waals surface area contributed by atoms with Crippen LogP contribution < -0.4 is 15.8 Å². The lowest BCUT2D eigenvalue weighted by Gasteiger charge is -2.20. The molecule has 0 saturated carbocycles. The average molecular weight is 269 g/mol. The molecule has 0 unspecified atom stereocenters. The molecule has 0 radical (unpaired) electrons. The van der Waals surface area contributed by atoms with Crippen molar-refractivity contribution in [3.05, 3.63) is 21.6 Å². The maximum atomic E-state index is 12.0. The minimum absolute atomic E-state index is 0.188. The van der Waals surface area contributed by atoms with Crippen molar-refractivity contribution >= 4 is 17.3 Å². The summed E-state index contributed by atoms with van der Waals surface area (Å²) >= 11 is 6.18. The molecule has 2 aliphatic rings. The predicted octanol–water partition coefficient (Wildman–Crippen LogP) is 0.572. The van der Waals surface area contributed by atoms with Crippen LogP contribution in [0.2, 0.25) is 5.02 Å². The molecule has 98 valence electrons. The summed E-state index contributed by atoms with van der Waals surface area (Å²) in [4.78, 5) is 14.2. The van der Waals surface area contributed by atoms with Gasteiger partial charge in [-0.25, -0.2) is 4.68 Å². The number of fused-ring (bicyclic) bond motifs is 1. The van der Waals surface area contributed by atoms with E-state index < -0.39 is 0 Å². The maximum absolute atomic E-state index is 12.0. The third-order valence-corrected chi connectivity index (χ3v) is 4.35. The second-order valence-corrected chi connectivity index (χ2v) is 5.43. The highest BCUT2D eigenvalue weighted by atomic mass is 35.5. The summed E-state index contributed by atoms with van der Waals surface area (Å²) in [6, 6.07) is 0. The van der Waals surface area contributed by atoms with Crippen LogP contribution in [-0.2, 0) is 6.54 Å². The number of halogens is 1. The van der Waals surface area contributed by atoms with Crippen LogP contribution in [0, 0.1) is 11.8 Å². The number of hydrogen-bond donors (Lipinski definition) is 1. The van der Waals surface area contributed by atoms with Gasteiger partial charge in [0.05, 0.1) is 11.9 Å². The highest BCUT2D eigenvalue weighted by Gasteiger charge is 2.37. The van der Waals surface area contributed by atoms with Crippen molar-refractivity contribution in [3.63, 3.8) is 0 Å². The summed E-state index contributed by atoms with van der Waals surface area (Å²) in [6.07, 6.45) is 1.72. The van der Waals surface area contributed by atoms with Gasteiger partial charge in [0.1, 0.15) is 5.02 Å². The lowest BCUT2D eigenvalue weighted by molar-refractivity contribution is 0.533. The Morgan fingerprint density at radius 1 is 1.44 bits per heavy atom. The topological polar surface area (TPSA) is 50.2 Å². The molecule has 0 bridgehead atoms. The number of nitrogens with one attached hydrogen (secondary N) is 1. The van der Waals surface area contributed by atoms with Crippen LogP contribution in [0.25, 0.3) is 0 Å². The van der Waals surface area contributed by atoms with Gasteiger partial charge in [0.2, 0.25) is 0 Å². The minimum atomic E-state index is -0.188. The third-order valence-electron chi connectivity index (χ3n) is 4.00. The van der Waals surface area contributed by atoms with Gasteiger partial charge < -0.3 is 10.2 Å². The second kappa shape index (κ2) is 4.55. The van der Waals surface area contributed by atoms with E-state index in [9.17, 15) is 4.79 Å². The van der Waals surface area contributed by atoms with Crippen LogP contribution >= 0.6 is 11.6 Å². The SMILES string of the molecule is CCn1ncc(N2C[C@H]3CNC[C@H]3C2)c(Cl)c1=O. The zero-order chi connectivity index (χ0) is 12.7. The van der Waals surface area contributed by atoms with E-state index >= 15 is 0 Å². The van der Waals surface area contributed by atoms with Crippen molar-refractivity contribution in [2.45, 2.75) is 13.5 Å². The Kier molecular flexibility index (Phi) is 3.03. The molecule has 0 spiro atoms. The van der Waals surface area contributed by atoms with E-state index in [1.54, 1.807) is 6.20 Å². The zero-order valence-electron chi connectivity index (χ0n) is 10.4. The van der Waals surface area contributed by atoms with Crippen LogP contribution in [0.15, 0.2) is 11.0 Å². The Balaban J connectivity index is 1.90. The van der Waals surface area contributed by atoms with Crippen molar-refractivity contribution in [3.8, 4) is 0 Å². The fourth-order valence-electron chi connectivity index (χ4n) is 2.95. The average Bonchev–Trinajstić information content (AvgIpc) is 2.93. The van der Waals surface area contributed by atoms with E-state index in [0.717, 1.165) is 31.9 Å². The molecular weight excluding hydrogens is 252 g/mol. The molecule has 3 heterocycles. The Hall–Kier alpha value is -1.07. The Labute approximate surface area is 111 Å². The van der Waals surface area contributed by atoms with Crippen LogP contribution in [0.3, 0.4) is 0 Å². The molecule has 3 rings (SSSR count). The van der Waals surface area contributed by atoms with Crippen LogP contribution in [0.5, 0.6) is 0 Å². The smallest absolute Gasteiger partial charge is 0.287 e. The molecule has 2 atom stereocenters. The van der Waals surface area contributed by atoms with E-state index in [-0.39, 0.29) is 5.56 Å². The highest BCUT2D eigenvalue weighted by Crippen LogP contribution is 2.32. The lowest BCUT2D eigenvalue weighted by Crippen LogP contribution is -2.30. The van der Waals surface area contributed by atoms with E-state index in [2.05, 4.69) is 15.3 Å². The van der Waals surface area contributed by atoms with Gasteiger partial charge in [-0.05, 0) is 18.8 Å². The summed E-state index contributed by atoms with van der Waals surface area (Å²) in [5.74, 6) is 1.35. The Morgan fingerprint density at radius 3 is 2.72 bits per heavy atom. The fourth-order valence-corrected chi connectivity index (χ4v) is 3.22. The van der Waals surface area contributed by atoms with Crippen LogP contribution in [0.1, 0.15) is 6.92 Å². The van der Waals surface area contributed by atoms with Crippen LogP contribution in [-0.4, -0.2) is 36.0 Å². The first-order valence-electron chi connectivity index (χ1n) is 6.42. The first-order chi connectivity index (χ1) is 8.70. The molecule has 2 aliphatic heterocycles. The fraction of sp³-hybridized carbons (Fsp3) is 0.667. The largest absolute Gasteiger partial charge is 0.368 e. The first kappa shape index (κ1) is 12.0. The quantitative estimate of drug-likeness (QED) is 0.852. The molecule has 0 amide bonds. The monoisotopic (exact) mass is 268 g/mol. The zero-order valence-corrected chi connectivity index (χ0v) is 11.2. The molecule has 2 fully saturated rings. The second-order valence-electron chi connectivity index (χ2n) is 5.05. The predicted molar refractivity (Wildman–Crippen MR) is 71.2 cm³/mol. The van der Waals surface area contributed by atoms with E-state index in [1.807, 2.05) is 6.92 Å². The number of aromatic nitrogens is 2. The van der Waals surface area contributed by atoms with Crippen LogP contribution in [0.4, 0.5) is 5.69 Å². The molecule has 1 aromatic rings. The van der Waals surface area contributed by atoms with Gasteiger partial charge >= 0.3 is 0 Å². The normalized spacial score (nSPS) is 26.7. The third kappa shape index (κ3) is 1.82. The van der Waals surface area contributed by atoms with Crippen molar-refractivity contribution in [2.24, 2.45) is 11.8 Å². The minimum Gasteiger partial charge on any atom is -0.368 e.